The van der Waals surface area contributed by atoms with Gasteiger partial charge in [-0.05, 0) is 17.9 Å². The molecule has 0 unspecified atom stereocenters. The van der Waals surface area contributed by atoms with Gasteiger partial charge < -0.3 is 10.1 Å². The summed E-state index contributed by atoms with van der Waals surface area (Å²) in [4.78, 5) is 17.3. The fourth-order valence-electron chi connectivity index (χ4n) is 3.73. The summed E-state index contributed by atoms with van der Waals surface area (Å²) in [7, 11) is 1.64. The van der Waals surface area contributed by atoms with E-state index >= 15 is 0 Å². The molecule has 0 fully saturated rings. The molecule has 1 aromatic carbocycles. The van der Waals surface area contributed by atoms with Crippen LogP contribution in [0.1, 0.15) is 38.3 Å². The molecule has 0 amide bonds. The van der Waals surface area contributed by atoms with E-state index in [0.29, 0.717) is 12.4 Å². The van der Waals surface area contributed by atoms with Crippen molar-refractivity contribution in [2.45, 2.75) is 32.7 Å². The molecule has 1 aromatic heterocycles. The topological polar surface area (TPSA) is 69.0 Å². The van der Waals surface area contributed by atoms with Crippen molar-refractivity contribution in [1.29, 1.82) is 0 Å². The lowest BCUT2D eigenvalue weighted by molar-refractivity contribution is -0.118. The Labute approximate surface area is 140 Å². The van der Waals surface area contributed by atoms with Crippen LogP contribution >= 0.6 is 0 Å². The quantitative estimate of drug-likeness (QED) is 0.920. The predicted molar refractivity (Wildman–Crippen MR) is 89.8 cm³/mol. The van der Waals surface area contributed by atoms with Gasteiger partial charge in [-0.2, -0.15) is 10.1 Å². The number of allylic oxidation sites excluding steroid dienone is 2. The highest BCUT2D eigenvalue weighted by atomic mass is 16.5. The molecule has 2 heterocycles. The fraction of sp³-hybridized carbons (Fsp3) is 0.389. The number of nitrogens with one attached hydrogen (secondary N) is 1. The van der Waals surface area contributed by atoms with Crippen LogP contribution in [0.25, 0.3) is 0 Å². The first-order chi connectivity index (χ1) is 11.5. The van der Waals surface area contributed by atoms with Gasteiger partial charge in [-0.1, -0.05) is 32.0 Å². The first-order valence-corrected chi connectivity index (χ1v) is 8.06. The lowest BCUT2D eigenvalue weighted by atomic mass is 9.73. The average molecular weight is 324 g/mol. The van der Waals surface area contributed by atoms with Gasteiger partial charge in [-0.15, -0.1) is 0 Å². The molecular formula is C18H20N4O2. The first-order valence-electron chi connectivity index (χ1n) is 8.06. The molecule has 24 heavy (non-hydrogen) atoms. The number of rotatable bonds is 2. The molecule has 0 saturated carbocycles. The second-order valence-electron chi connectivity index (χ2n) is 7.13. The Bertz CT molecular complexity index is 850. The van der Waals surface area contributed by atoms with Gasteiger partial charge in [0.25, 0.3) is 0 Å². The van der Waals surface area contributed by atoms with Gasteiger partial charge in [-0.25, -0.2) is 4.68 Å². The van der Waals surface area contributed by atoms with Gasteiger partial charge in [0.1, 0.15) is 18.1 Å². The molecule has 6 nitrogen and oxygen atoms in total. The maximum atomic E-state index is 13.0. The normalized spacial score (nSPS) is 21.8. The maximum absolute atomic E-state index is 13.0. The van der Waals surface area contributed by atoms with Gasteiger partial charge in [0.15, 0.2) is 5.78 Å². The summed E-state index contributed by atoms with van der Waals surface area (Å²) in [5.74, 6) is 1.57. The van der Waals surface area contributed by atoms with E-state index in [1.54, 1.807) is 11.8 Å². The van der Waals surface area contributed by atoms with Crippen molar-refractivity contribution >= 4 is 11.7 Å². The van der Waals surface area contributed by atoms with Crippen LogP contribution in [0, 0.1) is 5.41 Å². The van der Waals surface area contributed by atoms with E-state index in [0.717, 1.165) is 29.0 Å². The molecule has 4 rings (SSSR count). The van der Waals surface area contributed by atoms with E-state index in [9.17, 15) is 4.79 Å². The fourth-order valence-corrected chi connectivity index (χ4v) is 3.73. The van der Waals surface area contributed by atoms with E-state index < -0.39 is 0 Å². The number of benzene rings is 1. The van der Waals surface area contributed by atoms with Crippen LogP contribution in [0.3, 0.4) is 0 Å². The number of carbonyl (C=O) groups is 1. The lowest BCUT2D eigenvalue weighted by Gasteiger charge is -2.38. The van der Waals surface area contributed by atoms with Crippen molar-refractivity contribution in [2.24, 2.45) is 5.41 Å². The minimum Gasteiger partial charge on any atom is -0.496 e. The third-order valence-corrected chi connectivity index (χ3v) is 4.71. The zero-order valence-electron chi connectivity index (χ0n) is 14.0. The van der Waals surface area contributed by atoms with Crippen LogP contribution in [0.4, 0.5) is 5.95 Å². The van der Waals surface area contributed by atoms with E-state index in [1.165, 1.54) is 6.33 Å². The third-order valence-electron chi connectivity index (χ3n) is 4.71. The van der Waals surface area contributed by atoms with Gasteiger partial charge in [-0.3, -0.25) is 4.79 Å². The predicted octanol–water partition coefficient (Wildman–Crippen LogP) is 2.94. The molecule has 0 saturated heterocycles. The minimum atomic E-state index is -0.307. The second-order valence-corrected chi connectivity index (χ2v) is 7.13. The number of Topliss-reactive ketones (excluding diaryl/α,β-unsaturated/α-hetero) is 1. The standard InChI is InChI=1S/C18H20N4O2/c1-18(2)8-12-15(13(23)9-18)16(22-17(21-12)19-10-20-22)11-6-4-5-7-14(11)24-3/h4-7,10,16H,8-9H2,1-3H3,(H,19,20,21)/t16-/m1/s1. The minimum absolute atomic E-state index is 0.0591. The molecule has 1 aliphatic heterocycles. The Balaban J connectivity index is 1.93. The average Bonchev–Trinajstić information content (AvgIpc) is 2.99. The zero-order valence-corrected chi connectivity index (χ0v) is 14.0. The van der Waals surface area contributed by atoms with Crippen LogP contribution < -0.4 is 10.1 Å². The summed E-state index contributed by atoms with van der Waals surface area (Å²) in [5, 5.41) is 7.66. The monoisotopic (exact) mass is 324 g/mol. The number of carbonyl (C=O) groups excluding carboxylic acids is 1. The summed E-state index contributed by atoms with van der Waals surface area (Å²) in [6.07, 6.45) is 2.86. The van der Waals surface area contributed by atoms with Crippen LogP contribution in [0.5, 0.6) is 5.75 Å². The summed E-state index contributed by atoms with van der Waals surface area (Å²) in [6.45, 7) is 4.24. The highest BCUT2D eigenvalue weighted by Crippen LogP contribution is 2.46. The van der Waals surface area contributed by atoms with Crippen LogP contribution in [0.2, 0.25) is 0 Å². The van der Waals surface area contributed by atoms with Crippen molar-refractivity contribution in [3.63, 3.8) is 0 Å². The van der Waals surface area contributed by atoms with Crippen molar-refractivity contribution in [3.05, 3.63) is 47.4 Å². The maximum Gasteiger partial charge on any atom is 0.226 e. The molecule has 0 bridgehead atoms. The van der Waals surface area contributed by atoms with Crippen molar-refractivity contribution < 1.29 is 9.53 Å². The van der Waals surface area contributed by atoms with E-state index in [4.69, 9.17) is 4.74 Å². The lowest BCUT2D eigenvalue weighted by Crippen LogP contribution is -2.36. The van der Waals surface area contributed by atoms with E-state index in [1.807, 2.05) is 24.3 Å². The Morgan fingerprint density at radius 1 is 1.29 bits per heavy atom. The molecule has 6 heteroatoms. The molecule has 2 aromatic rings. The van der Waals surface area contributed by atoms with Gasteiger partial charge >= 0.3 is 0 Å². The number of para-hydroxylation sites is 1. The highest BCUT2D eigenvalue weighted by molar-refractivity contribution is 6.00. The van der Waals surface area contributed by atoms with Crippen LogP contribution in [-0.4, -0.2) is 27.7 Å². The summed E-state index contributed by atoms with van der Waals surface area (Å²) < 4.78 is 7.30. The Morgan fingerprint density at radius 2 is 2.08 bits per heavy atom. The number of anilines is 1. The number of ketones is 1. The number of ether oxygens (including phenoxy) is 1. The Kier molecular flexibility index (Phi) is 3.23. The third kappa shape index (κ3) is 2.21. The van der Waals surface area contributed by atoms with E-state index in [-0.39, 0.29) is 17.2 Å². The largest absolute Gasteiger partial charge is 0.496 e. The summed E-state index contributed by atoms with van der Waals surface area (Å²) in [6, 6.07) is 7.46. The second kappa shape index (κ2) is 5.19. The van der Waals surface area contributed by atoms with Gasteiger partial charge in [0.2, 0.25) is 5.95 Å². The van der Waals surface area contributed by atoms with Crippen LogP contribution in [0.15, 0.2) is 41.9 Å². The Hall–Kier alpha value is -2.63. The smallest absolute Gasteiger partial charge is 0.226 e. The molecule has 124 valence electrons. The SMILES string of the molecule is COc1ccccc1[C@@H]1C2=C(CC(C)(C)CC2=O)Nc2ncnn21. The number of fused-ring (bicyclic) bond motifs is 1. The molecule has 1 atom stereocenters. The van der Waals surface area contributed by atoms with Crippen molar-refractivity contribution in [3.8, 4) is 5.75 Å². The molecule has 0 radical (unpaired) electrons. The molecule has 0 spiro atoms. The number of hydrogen-bond donors (Lipinski definition) is 1. The van der Waals surface area contributed by atoms with Crippen molar-refractivity contribution in [1.82, 2.24) is 14.8 Å². The number of hydrogen-bond acceptors (Lipinski definition) is 5. The highest BCUT2D eigenvalue weighted by Gasteiger charge is 2.42. The number of aromatic nitrogens is 3. The summed E-state index contributed by atoms with van der Waals surface area (Å²) in [5.41, 5.74) is 2.59. The molecule has 1 aliphatic carbocycles. The zero-order chi connectivity index (χ0) is 16.9. The van der Waals surface area contributed by atoms with Crippen molar-refractivity contribution in [2.75, 3.05) is 12.4 Å². The molecule has 2 aliphatic rings. The van der Waals surface area contributed by atoms with Crippen LogP contribution in [-0.2, 0) is 4.79 Å². The first kappa shape index (κ1) is 14.9. The molecule has 1 N–H and O–H groups in total. The van der Waals surface area contributed by atoms with Gasteiger partial charge in [0, 0.05) is 23.3 Å². The van der Waals surface area contributed by atoms with Gasteiger partial charge in [0.05, 0.1) is 7.11 Å². The summed E-state index contributed by atoms with van der Waals surface area (Å²) >= 11 is 0. The van der Waals surface area contributed by atoms with E-state index in [2.05, 4.69) is 29.2 Å². The number of nitrogens with zero attached hydrogens (tertiary/aromatic N) is 3. The molecular weight excluding hydrogens is 304 g/mol. The Morgan fingerprint density at radius 3 is 2.88 bits per heavy atom. The number of methoxy groups -OCH3 is 1.